The molecular formula is C25H30O14. The van der Waals surface area contributed by atoms with Crippen LogP contribution in [-0.4, -0.2) is 120 Å². The summed E-state index contributed by atoms with van der Waals surface area (Å²) < 4.78 is 22.0. The lowest BCUT2D eigenvalue weighted by Crippen LogP contribution is -2.64. The van der Waals surface area contributed by atoms with Gasteiger partial charge in [-0.3, -0.25) is 4.79 Å². The van der Waals surface area contributed by atoms with Crippen molar-refractivity contribution in [3.05, 3.63) is 47.5 Å². The van der Waals surface area contributed by atoms with E-state index in [4.69, 9.17) is 18.9 Å². The molecule has 0 spiro atoms. The number of phenols is 3. The molecule has 2 aromatic rings. The van der Waals surface area contributed by atoms with E-state index in [2.05, 4.69) is 0 Å². The van der Waals surface area contributed by atoms with Gasteiger partial charge >= 0.3 is 0 Å². The van der Waals surface area contributed by atoms with Gasteiger partial charge in [-0.15, -0.1) is 0 Å². The van der Waals surface area contributed by atoms with Crippen LogP contribution in [0.3, 0.4) is 0 Å². The minimum Gasteiger partial charge on any atom is -0.508 e. The topological polar surface area (TPSA) is 236 Å². The molecule has 0 amide bonds. The predicted octanol–water partition coefficient (Wildman–Crippen LogP) is -1.94. The monoisotopic (exact) mass is 554 g/mol. The molecule has 2 aromatic carbocycles. The third-order valence-electron chi connectivity index (χ3n) is 6.59. The fourth-order valence-electron chi connectivity index (χ4n) is 4.39. The van der Waals surface area contributed by atoms with Gasteiger partial charge in [-0.05, 0) is 31.2 Å². The normalized spacial score (nSPS) is 34.9. The molecule has 0 aromatic heterocycles. The Balaban J connectivity index is 1.57. The fourth-order valence-corrected chi connectivity index (χ4v) is 4.39. The van der Waals surface area contributed by atoms with Crippen molar-refractivity contribution in [1.29, 1.82) is 0 Å². The zero-order valence-electron chi connectivity index (χ0n) is 20.5. The van der Waals surface area contributed by atoms with E-state index in [0.717, 1.165) is 12.1 Å². The third-order valence-corrected chi connectivity index (χ3v) is 6.59. The van der Waals surface area contributed by atoms with E-state index in [9.17, 15) is 50.8 Å². The Labute approximate surface area is 221 Å². The summed E-state index contributed by atoms with van der Waals surface area (Å²) in [6.07, 6.45) is -15.7. The van der Waals surface area contributed by atoms with Crippen LogP contribution in [0.2, 0.25) is 0 Å². The number of aliphatic hydroxyl groups excluding tert-OH is 6. The first kappa shape index (κ1) is 28.9. The molecule has 4 rings (SSSR count). The van der Waals surface area contributed by atoms with Gasteiger partial charge < -0.3 is 64.9 Å². The number of hydrogen-bond acceptors (Lipinski definition) is 14. The molecule has 2 fully saturated rings. The van der Waals surface area contributed by atoms with Gasteiger partial charge in [-0.25, -0.2) is 0 Å². The molecular weight excluding hydrogens is 524 g/mol. The Morgan fingerprint density at radius 1 is 0.821 bits per heavy atom. The first-order valence-corrected chi connectivity index (χ1v) is 12.0. The van der Waals surface area contributed by atoms with Crippen LogP contribution in [0.5, 0.6) is 23.0 Å². The van der Waals surface area contributed by atoms with Crippen molar-refractivity contribution in [2.75, 3.05) is 6.61 Å². The van der Waals surface area contributed by atoms with Crippen molar-refractivity contribution in [3.8, 4) is 23.0 Å². The molecule has 10 atom stereocenters. The van der Waals surface area contributed by atoms with Gasteiger partial charge in [-0.2, -0.15) is 0 Å². The molecule has 2 aliphatic rings. The third kappa shape index (κ3) is 5.79. The largest absolute Gasteiger partial charge is 0.508 e. The van der Waals surface area contributed by atoms with Crippen molar-refractivity contribution in [2.45, 2.75) is 68.3 Å². The highest BCUT2D eigenvalue weighted by Gasteiger charge is 2.50. The highest BCUT2D eigenvalue weighted by molar-refractivity contribution is 6.12. The van der Waals surface area contributed by atoms with E-state index >= 15 is 0 Å². The average molecular weight is 555 g/mol. The number of carbonyl (C=O) groups is 1. The molecule has 9 N–H and O–H groups in total. The Morgan fingerprint density at radius 3 is 2.10 bits per heavy atom. The minimum atomic E-state index is -1.90. The number of aliphatic hydroxyl groups is 6. The zero-order chi connectivity index (χ0) is 28.6. The molecule has 39 heavy (non-hydrogen) atoms. The second-order valence-corrected chi connectivity index (χ2v) is 9.32. The molecule has 10 unspecified atom stereocenters. The van der Waals surface area contributed by atoms with Crippen LogP contribution in [0, 0.1) is 0 Å². The number of ketones is 1. The number of carbonyl (C=O) groups excluding carboxylic acids is 1. The molecule has 2 heterocycles. The van der Waals surface area contributed by atoms with Gasteiger partial charge in [0.05, 0.1) is 12.7 Å². The summed E-state index contributed by atoms with van der Waals surface area (Å²) in [5, 5.41) is 91.4. The van der Waals surface area contributed by atoms with Gasteiger partial charge in [0, 0.05) is 17.7 Å². The minimum absolute atomic E-state index is 0.0399. The van der Waals surface area contributed by atoms with Crippen molar-refractivity contribution in [2.24, 2.45) is 0 Å². The standard InChI is InChI=1S/C25H30O14/c1-9-17(30)19(32)21(34)24(36-9)39-23-15(8-26)38-25(22(35)20(23)33)37-14-7-12(28)6-13(29)16(14)18(31)10-2-4-11(27)5-3-10/h2-7,9,15,17,19-30,32-35H,8H2,1H3. The fraction of sp³-hybridized carbons (Fsp3) is 0.480. The summed E-state index contributed by atoms with van der Waals surface area (Å²) >= 11 is 0. The molecule has 214 valence electrons. The Hall–Kier alpha value is -3.05. The van der Waals surface area contributed by atoms with Crippen LogP contribution < -0.4 is 4.74 Å². The summed E-state index contributed by atoms with van der Waals surface area (Å²) in [7, 11) is 0. The lowest BCUT2D eigenvalue weighted by molar-refractivity contribution is -0.349. The number of phenolic OH excluding ortho intramolecular Hbond substituents is 3. The zero-order valence-corrected chi connectivity index (χ0v) is 20.5. The van der Waals surface area contributed by atoms with Crippen molar-refractivity contribution < 1.29 is 69.7 Å². The first-order chi connectivity index (χ1) is 18.4. The van der Waals surface area contributed by atoms with E-state index in [1.165, 1.54) is 31.2 Å². The summed E-state index contributed by atoms with van der Waals surface area (Å²) in [6.45, 7) is 0.621. The highest BCUT2D eigenvalue weighted by Crippen LogP contribution is 2.37. The molecule has 2 aliphatic heterocycles. The Bertz CT molecular complexity index is 1150. The molecule has 0 bridgehead atoms. The van der Waals surface area contributed by atoms with E-state index < -0.39 is 96.6 Å². The van der Waals surface area contributed by atoms with E-state index in [-0.39, 0.29) is 11.3 Å². The van der Waals surface area contributed by atoms with E-state index in [0.29, 0.717) is 0 Å². The number of aromatic hydroxyl groups is 3. The molecule has 0 aliphatic carbocycles. The number of benzene rings is 2. The van der Waals surface area contributed by atoms with Crippen LogP contribution in [0.4, 0.5) is 0 Å². The average Bonchev–Trinajstić information content (AvgIpc) is 2.89. The first-order valence-electron chi connectivity index (χ1n) is 12.0. The molecule has 2 saturated heterocycles. The van der Waals surface area contributed by atoms with Gasteiger partial charge in [0.25, 0.3) is 0 Å². The summed E-state index contributed by atoms with van der Waals surface area (Å²) in [6, 6.07) is 6.91. The molecule has 14 nitrogen and oxygen atoms in total. The maximum Gasteiger partial charge on any atom is 0.229 e. The lowest BCUT2D eigenvalue weighted by Gasteiger charge is -2.45. The summed E-state index contributed by atoms with van der Waals surface area (Å²) in [5.74, 6) is -2.49. The maximum atomic E-state index is 13.1. The predicted molar refractivity (Wildman–Crippen MR) is 127 cm³/mol. The van der Waals surface area contributed by atoms with Gasteiger partial charge in [-0.1, -0.05) is 0 Å². The van der Waals surface area contributed by atoms with Crippen LogP contribution >= 0.6 is 0 Å². The second-order valence-electron chi connectivity index (χ2n) is 9.32. The smallest absolute Gasteiger partial charge is 0.229 e. The van der Waals surface area contributed by atoms with Crippen molar-refractivity contribution in [3.63, 3.8) is 0 Å². The molecule has 0 radical (unpaired) electrons. The van der Waals surface area contributed by atoms with Gasteiger partial charge in [0.2, 0.25) is 12.1 Å². The Kier molecular flexibility index (Phi) is 8.60. The quantitative estimate of drug-likeness (QED) is 0.169. The summed E-state index contributed by atoms with van der Waals surface area (Å²) in [4.78, 5) is 13.1. The number of hydrogen-bond donors (Lipinski definition) is 9. The van der Waals surface area contributed by atoms with Crippen LogP contribution in [0.1, 0.15) is 22.8 Å². The van der Waals surface area contributed by atoms with Crippen LogP contribution in [-0.2, 0) is 14.2 Å². The van der Waals surface area contributed by atoms with Gasteiger partial charge in [0.1, 0.15) is 71.3 Å². The van der Waals surface area contributed by atoms with Crippen LogP contribution in [0.15, 0.2) is 36.4 Å². The SMILES string of the molecule is CC1OC(OC2C(CO)OC(Oc3cc(O)cc(O)c3C(=O)c3ccc(O)cc3)C(O)C2O)C(O)C(O)C1O. The summed E-state index contributed by atoms with van der Waals surface area (Å²) in [5.41, 5.74) is -0.388. The second kappa shape index (κ2) is 11.6. The maximum absolute atomic E-state index is 13.1. The van der Waals surface area contributed by atoms with E-state index in [1.807, 2.05) is 0 Å². The molecule has 14 heteroatoms. The highest BCUT2D eigenvalue weighted by atomic mass is 16.7. The lowest BCUT2D eigenvalue weighted by atomic mass is 9.97. The van der Waals surface area contributed by atoms with Crippen molar-refractivity contribution >= 4 is 5.78 Å². The number of rotatable bonds is 7. The molecule has 0 saturated carbocycles. The Morgan fingerprint density at radius 2 is 1.46 bits per heavy atom. The van der Waals surface area contributed by atoms with Crippen molar-refractivity contribution in [1.82, 2.24) is 0 Å². The van der Waals surface area contributed by atoms with Crippen LogP contribution in [0.25, 0.3) is 0 Å². The van der Waals surface area contributed by atoms with Gasteiger partial charge in [0.15, 0.2) is 6.29 Å². The van der Waals surface area contributed by atoms with E-state index in [1.54, 1.807) is 0 Å². The number of ether oxygens (including phenoxy) is 4.